The number of aryl methyl sites for hydroxylation is 1. The minimum atomic E-state index is 0.441. The van der Waals surface area contributed by atoms with Gasteiger partial charge < -0.3 is 5.32 Å². The summed E-state index contributed by atoms with van der Waals surface area (Å²) in [5.41, 5.74) is 1.19. The lowest BCUT2D eigenvalue weighted by Gasteiger charge is -2.16. The maximum Gasteiger partial charge on any atom is 0.0931 e. The molecule has 0 aromatic carbocycles. The van der Waals surface area contributed by atoms with Crippen molar-refractivity contribution in [3.05, 3.63) is 37.4 Å². The van der Waals surface area contributed by atoms with E-state index in [4.69, 9.17) is 11.6 Å². The van der Waals surface area contributed by atoms with Crippen LogP contribution in [0.2, 0.25) is 4.34 Å². The Morgan fingerprint density at radius 2 is 2.21 bits per heavy atom. The van der Waals surface area contributed by atoms with Crippen molar-refractivity contribution in [1.29, 1.82) is 0 Å². The number of hydrogen-bond donors (Lipinski definition) is 1. The lowest BCUT2D eigenvalue weighted by molar-refractivity contribution is 0.504. The Balaban J connectivity index is 1.98. The van der Waals surface area contributed by atoms with Gasteiger partial charge in [-0.1, -0.05) is 18.5 Å². The maximum atomic E-state index is 6.00. The molecule has 0 fully saturated rings. The summed E-state index contributed by atoms with van der Waals surface area (Å²) in [6.07, 6.45) is 3.16. The Hall–Kier alpha value is -0.420. The van der Waals surface area contributed by atoms with Crippen LogP contribution >= 0.6 is 34.3 Å². The van der Waals surface area contributed by atoms with Crippen LogP contribution < -0.4 is 5.32 Å². The molecule has 2 nitrogen and oxygen atoms in total. The summed E-state index contributed by atoms with van der Waals surface area (Å²) in [6.45, 7) is 5.30. The zero-order valence-corrected chi connectivity index (χ0v) is 13.7. The zero-order chi connectivity index (χ0) is 13.7. The molecule has 19 heavy (non-hydrogen) atoms. The summed E-state index contributed by atoms with van der Waals surface area (Å²) in [6, 6.07) is 4.54. The van der Waals surface area contributed by atoms with Crippen molar-refractivity contribution >= 4 is 34.3 Å². The van der Waals surface area contributed by atoms with Crippen LogP contribution in [-0.4, -0.2) is 17.6 Å². The summed E-state index contributed by atoms with van der Waals surface area (Å²) < 4.78 is 0.869. The van der Waals surface area contributed by atoms with E-state index in [9.17, 15) is 0 Å². The van der Waals surface area contributed by atoms with E-state index in [2.05, 4.69) is 35.6 Å². The number of nitrogens with one attached hydrogen (secondary N) is 1. The molecule has 0 saturated carbocycles. The second-order valence-corrected chi connectivity index (χ2v) is 7.48. The molecule has 104 valence electrons. The van der Waals surface area contributed by atoms with E-state index >= 15 is 0 Å². The topological polar surface area (TPSA) is 24.9 Å². The number of rotatable bonds is 7. The molecular formula is C14H19ClN2S2. The third-order valence-corrected chi connectivity index (χ3v) is 4.96. The molecule has 1 atom stereocenters. The minimum Gasteiger partial charge on any atom is -0.313 e. The van der Waals surface area contributed by atoms with Crippen molar-refractivity contribution in [2.45, 2.75) is 39.2 Å². The standard InChI is InChI=1S/C14H19ClN2S2/c1-3-6-16-11(7-12-9-18-10(2)17-12)8-13-4-5-14(15)19-13/h4-5,9,11,16H,3,6-8H2,1-2H3. The van der Waals surface area contributed by atoms with Crippen molar-refractivity contribution in [2.24, 2.45) is 0 Å². The number of nitrogens with zero attached hydrogens (tertiary/aromatic N) is 1. The van der Waals surface area contributed by atoms with Gasteiger partial charge in [0.15, 0.2) is 0 Å². The van der Waals surface area contributed by atoms with Gasteiger partial charge in [0.2, 0.25) is 0 Å². The molecule has 2 rings (SSSR count). The first kappa shape index (κ1) is 15.0. The first-order valence-electron chi connectivity index (χ1n) is 6.56. The average molecular weight is 315 g/mol. The van der Waals surface area contributed by atoms with Crippen LogP contribution in [0.25, 0.3) is 0 Å². The Labute approximate surface area is 127 Å². The molecule has 2 heterocycles. The van der Waals surface area contributed by atoms with E-state index in [0.29, 0.717) is 6.04 Å². The van der Waals surface area contributed by atoms with Crippen LogP contribution in [-0.2, 0) is 12.8 Å². The fourth-order valence-electron chi connectivity index (χ4n) is 2.02. The lowest BCUT2D eigenvalue weighted by atomic mass is 10.1. The third kappa shape index (κ3) is 4.88. The normalized spacial score (nSPS) is 12.8. The summed E-state index contributed by atoms with van der Waals surface area (Å²) in [7, 11) is 0. The highest BCUT2D eigenvalue weighted by Crippen LogP contribution is 2.23. The number of hydrogen-bond acceptors (Lipinski definition) is 4. The highest BCUT2D eigenvalue weighted by atomic mass is 35.5. The molecule has 0 aliphatic heterocycles. The molecule has 0 saturated heterocycles. The molecule has 0 aliphatic rings. The third-order valence-electron chi connectivity index (χ3n) is 2.88. The smallest absolute Gasteiger partial charge is 0.0931 e. The van der Waals surface area contributed by atoms with Gasteiger partial charge >= 0.3 is 0 Å². The Morgan fingerprint density at radius 1 is 1.37 bits per heavy atom. The zero-order valence-electron chi connectivity index (χ0n) is 11.3. The minimum absolute atomic E-state index is 0.441. The van der Waals surface area contributed by atoms with E-state index in [1.165, 1.54) is 10.6 Å². The van der Waals surface area contributed by atoms with Gasteiger partial charge in [-0.2, -0.15) is 0 Å². The van der Waals surface area contributed by atoms with Crippen LogP contribution in [0.3, 0.4) is 0 Å². The van der Waals surface area contributed by atoms with Gasteiger partial charge in [-0.15, -0.1) is 22.7 Å². The summed E-state index contributed by atoms with van der Waals surface area (Å²) in [5, 5.41) is 6.92. The quantitative estimate of drug-likeness (QED) is 0.823. The van der Waals surface area contributed by atoms with Gasteiger partial charge in [-0.3, -0.25) is 0 Å². The predicted octanol–water partition coefficient (Wildman–Crippen LogP) is 4.32. The van der Waals surface area contributed by atoms with Crippen LogP contribution in [0.4, 0.5) is 0 Å². The fraction of sp³-hybridized carbons (Fsp3) is 0.500. The van der Waals surface area contributed by atoms with Crippen molar-refractivity contribution in [3.8, 4) is 0 Å². The molecule has 0 radical (unpaired) electrons. The van der Waals surface area contributed by atoms with E-state index < -0.39 is 0 Å². The first-order chi connectivity index (χ1) is 9.17. The molecule has 0 spiro atoms. The Kier molecular flexibility index (Phi) is 5.82. The maximum absolute atomic E-state index is 6.00. The predicted molar refractivity (Wildman–Crippen MR) is 85.7 cm³/mol. The monoisotopic (exact) mass is 314 g/mol. The van der Waals surface area contributed by atoms with E-state index in [-0.39, 0.29) is 0 Å². The van der Waals surface area contributed by atoms with E-state index in [0.717, 1.165) is 35.2 Å². The molecule has 0 aliphatic carbocycles. The second-order valence-electron chi connectivity index (χ2n) is 4.62. The molecule has 0 amide bonds. The molecule has 2 aromatic rings. The van der Waals surface area contributed by atoms with Gasteiger partial charge in [0.25, 0.3) is 0 Å². The number of halogens is 1. The molecule has 1 N–H and O–H groups in total. The first-order valence-corrected chi connectivity index (χ1v) is 8.63. The molecule has 2 aromatic heterocycles. The van der Waals surface area contributed by atoms with Crippen molar-refractivity contribution in [3.63, 3.8) is 0 Å². The highest BCUT2D eigenvalue weighted by Gasteiger charge is 2.13. The van der Waals surface area contributed by atoms with Gasteiger partial charge in [0.1, 0.15) is 0 Å². The summed E-state index contributed by atoms with van der Waals surface area (Å²) >= 11 is 9.40. The van der Waals surface area contributed by atoms with Gasteiger partial charge in [-0.25, -0.2) is 4.98 Å². The molecule has 5 heteroatoms. The van der Waals surface area contributed by atoms with Crippen LogP contribution in [0.1, 0.15) is 28.9 Å². The van der Waals surface area contributed by atoms with E-state index in [1.54, 1.807) is 22.7 Å². The second kappa shape index (κ2) is 7.39. The van der Waals surface area contributed by atoms with Crippen LogP contribution in [0.5, 0.6) is 0 Å². The van der Waals surface area contributed by atoms with Crippen molar-refractivity contribution in [2.75, 3.05) is 6.54 Å². The molecular weight excluding hydrogens is 296 g/mol. The highest BCUT2D eigenvalue weighted by molar-refractivity contribution is 7.16. The van der Waals surface area contributed by atoms with Crippen molar-refractivity contribution in [1.82, 2.24) is 10.3 Å². The molecule has 1 unspecified atom stereocenters. The van der Waals surface area contributed by atoms with Crippen molar-refractivity contribution < 1.29 is 0 Å². The largest absolute Gasteiger partial charge is 0.313 e. The van der Waals surface area contributed by atoms with Crippen LogP contribution in [0, 0.1) is 6.92 Å². The average Bonchev–Trinajstić information content (AvgIpc) is 2.95. The SMILES string of the molecule is CCCNC(Cc1csc(C)n1)Cc1ccc(Cl)s1. The Bertz CT molecular complexity index is 465. The van der Waals surface area contributed by atoms with E-state index in [1.807, 2.05) is 6.07 Å². The van der Waals surface area contributed by atoms with Gasteiger partial charge in [0.05, 0.1) is 15.0 Å². The number of thiophene rings is 1. The Morgan fingerprint density at radius 3 is 2.79 bits per heavy atom. The van der Waals surface area contributed by atoms with Gasteiger partial charge in [-0.05, 0) is 38.4 Å². The number of aromatic nitrogens is 1. The lowest BCUT2D eigenvalue weighted by Crippen LogP contribution is -2.33. The van der Waals surface area contributed by atoms with Crippen LogP contribution in [0.15, 0.2) is 17.5 Å². The summed E-state index contributed by atoms with van der Waals surface area (Å²) in [5.74, 6) is 0. The number of thiazole rings is 1. The molecule has 0 bridgehead atoms. The fourth-order valence-corrected chi connectivity index (χ4v) is 3.82. The summed E-state index contributed by atoms with van der Waals surface area (Å²) in [4.78, 5) is 5.90. The van der Waals surface area contributed by atoms with Gasteiger partial charge in [0, 0.05) is 22.7 Å².